The van der Waals surface area contributed by atoms with Crippen LogP contribution in [-0.4, -0.2) is 60.7 Å². The van der Waals surface area contributed by atoms with Crippen molar-refractivity contribution in [3.63, 3.8) is 0 Å². The molecule has 2 aliphatic heterocycles. The zero-order chi connectivity index (χ0) is 14.7. The lowest BCUT2D eigenvalue weighted by Gasteiger charge is -2.43. The smallest absolute Gasteiger partial charge is 0.254 e. The van der Waals surface area contributed by atoms with Gasteiger partial charge in [-0.2, -0.15) is 11.8 Å². The standard InChI is InChI=1S/C14H19BrN2O3S/c15-12-7-11(8-20-12)13(18)16-9-14(1-6-21-10-14)17-2-4-19-5-3-17/h7-8H,1-6,9-10H2,(H,16,18). The van der Waals surface area contributed by atoms with Crippen molar-refractivity contribution in [1.29, 1.82) is 0 Å². The van der Waals surface area contributed by atoms with Gasteiger partial charge in [-0.1, -0.05) is 0 Å². The zero-order valence-corrected chi connectivity index (χ0v) is 14.2. The Morgan fingerprint density at radius 1 is 1.48 bits per heavy atom. The molecule has 3 rings (SSSR count). The van der Waals surface area contributed by atoms with Gasteiger partial charge in [0.1, 0.15) is 6.26 Å². The SMILES string of the molecule is O=C(NCC1(N2CCOCC2)CCSC1)c1coc(Br)c1. The minimum Gasteiger partial charge on any atom is -0.457 e. The van der Waals surface area contributed by atoms with E-state index >= 15 is 0 Å². The average Bonchev–Trinajstić information content (AvgIpc) is 3.16. The maximum atomic E-state index is 12.2. The molecule has 1 unspecified atom stereocenters. The number of rotatable bonds is 4. The molecule has 1 N–H and O–H groups in total. The molecule has 1 aromatic heterocycles. The molecule has 0 saturated carbocycles. The van der Waals surface area contributed by atoms with Crippen molar-refractivity contribution in [1.82, 2.24) is 10.2 Å². The Balaban J connectivity index is 1.64. The molecule has 0 radical (unpaired) electrons. The van der Waals surface area contributed by atoms with E-state index in [1.165, 1.54) is 6.26 Å². The highest BCUT2D eigenvalue weighted by Gasteiger charge is 2.40. The first kappa shape index (κ1) is 15.4. The fraction of sp³-hybridized carbons (Fsp3) is 0.643. The number of ether oxygens (including phenoxy) is 1. The molecule has 1 amide bonds. The Morgan fingerprint density at radius 2 is 2.29 bits per heavy atom. The van der Waals surface area contributed by atoms with Gasteiger partial charge in [-0.3, -0.25) is 9.69 Å². The molecule has 2 aliphatic rings. The lowest BCUT2D eigenvalue weighted by atomic mass is 9.95. The highest BCUT2D eigenvalue weighted by Crippen LogP contribution is 2.33. The summed E-state index contributed by atoms with van der Waals surface area (Å²) in [7, 11) is 0. The fourth-order valence-electron chi connectivity index (χ4n) is 2.91. The third-order valence-corrected chi connectivity index (χ3v) is 5.82. The number of nitrogens with zero attached hydrogens (tertiary/aromatic N) is 1. The first-order valence-electron chi connectivity index (χ1n) is 7.12. The summed E-state index contributed by atoms with van der Waals surface area (Å²) in [4.78, 5) is 14.7. The molecule has 3 heterocycles. The van der Waals surface area contributed by atoms with E-state index in [4.69, 9.17) is 9.15 Å². The summed E-state index contributed by atoms with van der Waals surface area (Å²) in [5, 5.41) is 3.08. The number of amides is 1. The van der Waals surface area contributed by atoms with E-state index in [9.17, 15) is 4.79 Å². The van der Waals surface area contributed by atoms with Crippen molar-refractivity contribution in [2.75, 3.05) is 44.4 Å². The van der Waals surface area contributed by atoms with E-state index in [2.05, 4.69) is 26.1 Å². The van der Waals surface area contributed by atoms with Gasteiger partial charge in [0.15, 0.2) is 4.67 Å². The number of furan rings is 1. The first-order valence-corrected chi connectivity index (χ1v) is 9.07. The van der Waals surface area contributed by atoms with Gasteiger partial charge >= 0.3 is 0 Å². The molecule has 7 heteroatoms. The van der Waals surface area contributed by atoms with Crippen molar-refractivity contribution in [2.24, 2.45) is 0 Å². The number of carbonyl (C=O) groups excluding carboxylic acids is 1. The zero-order valence-electron chi connectivity index (χ0n) is 11.8. The first-order chi connectivity index (χ1) is 10.2. The highest BCUT2D eigenvalue weighted by atomic mass is 79.9. The second-order valence-corrected chi connectivity index (χ2v) is 7.34. The summed E-state index contributed by atoms with van der Waals surface area (Å²) in [6.07, 6.45) is 2.59. The molecule has 0 bridgehead atoms. The molecule has 1 atom stereocenters. The maximum absolute atomic E-state index is 12.2. The fourth-order valence-corrected chi connectivity index (χ4v) is 4.73. The van der Waals surface area contributed by atoms with Crippen LogP contribution in [0.5, 0.6) is 0 Å². The van der Waals surface area contributed by atoms with Crippen LogP contribution < -0.4 is 5.32 Å². The predicted octanol–water partition coefficient (Wildman–Crippen LogP) is 1.98. The summed E-state index contributed by atoms with van der Waals surface area (Å²) in [6, 6.07) is 1.69. The summed E-state index contributed by atoms with van der Waals surface area (Å²) in [5.74, 6) is 2.15. The van der Waals surface area contributed by atoms with Crippen LogP contribution in [0.2, 0.25) is 0 Å². The quantitative estimate of drug-likeness (QED) is 0.872. The number of morpholine rings is 1. The second-order valence-electron chi connectivity index (χ2n) is 5.45. The van der Waals surface area contributed by atoms with E-state index < -0.39 is 0 Å². The average molecular weight is 375 g/mol. The second kappa shape index (κ2) is 6.73. The molecule has 0 aliphatic carbocycles. The molecule has 5 nitrogen and oxygen atoms in total. The van der Waals surface area contributed by atoms with Gasteiger partial charge in [0.05, 0.1) is 18.8 Å². The van der Waals surface area contributed by atoms with Crippen LogP contribution in [0.25, 0.3) is 0 Å². The molecule has 116 valence electrons. The summed E-state index contributed by atoms with van der Waals surface area (Å²) in [5.41, 5.74) is 0.634. The molecule has 1 aromatic rings. The van der Waals surface area contributed by atoms with Crippen molar-refractivity contribution in [2.45, 2.75) is 12.0 Å². The molecule has 0 aromatic carbocycles. The minimum atomic E-state index is -0.0750. The molecule has 2 fully saturated rings. The van der Waals surface area contributed by atoms with Gasteiger partial charge in [-0.15, -0.1) is 0 Å². The van der Waals surface area contributed by atoms with Crippen LogP contribution in [0.15, 0.2) is 21.4 Å². The predicted molar refractivity (Wildman–Crippen MR) is 85.8 cm³/mol. The highest BCUT2D eigenvalue weighted by molar-refractivity contribution is 9.10. The van der Waals surface area contributed by atoms with Crippen molar-refractivity contribution in [3.05, 3.63) is 22.6 Å². The van der Waals surface area contributed by atoms with E-state index in [0.29, 0.717) is 16.8 Å². The van der Waals surface area contributed by atoms with Gasteiger partial charge in [-0.25, -0.2) is 0 Å². The molecule has 2 saturated heterocycles. The van der Waals surface area contributed by atoms with Gasteiger partial charge in [-0.05, 0) is 28.1 Å². The maximum Gasteiger partial charge on any atom is 0.254 e. The third-order valence-electron chi connectivity index (χ3n) is 4.17. The Kier molecular flexibility index (Phi) is 4.93. The van der Waals surface area contributed by atoms with Crippen molar-refractivity contribution in [3.8, 4) is 0 Å². The number of carbonyl (C=O) groups is 1. The molecular formula is C14H19BrN2O3S. The summed E-state index contributed by atoms with van der Waals surface area (Å²) in [6.45, 7) is 4.16. The van der Waals surface area contributed by atoms with Crippen LogP contribution in [0.1, 0.15) is 16.8 Å². The Bertz CT molecular complexity index is 496. The molecule has 0 spiro atoms. The molecule has 21 heavy (non-hydrogen) atoms. The van der Waals surface area contributed by atoms with Crippen LogP contribution >= 0.6 is 27.7 Å². The Labute approximate surface area is 136 Å². The number of thioether (sulfide) groups is 1. The van der Waals surface area contributed by atoms with Crippen LogP contribution in [0.4, 0.5) is 0 Å². The van der Waals surface area contributed by atoms with Crippen molar-refractivity contribution < 1.29 is 13.9 Å². The lowest BCUT2D eigenvalue weighted by molar-refractivity contribution is -0.0129. The monoisotopic (exact) mass is 374 g/mol. The largest absolute Gasteiger partial charge is 0.457 e. The van der Waals surface area contributed by atoms with Crippen LogP contribution in [0.3, 0.4) is 0 Å². The Hall–Kier alpha value is -0.500. The Morgan fingerprint density at radius 3 is 2.90 bits per heavy atom. The van der Waals surface area contributed by atoms with E-state index in [1.54, 1.807) is 6.07 Å². The molecular weight excluding hydrogens is 356 g/mol. The number of hydrogen-bond donors (Lipinski definition) is 1. The summed E-state index contributed by atoms with van der Waals surface area (Å²) < 4.78 is 11.1. The van der Waals surface area contributed by atoms with Gasteiger partial charge in [0.25, 0.3) is 5.91 Å². The van der Waals surface area contributed by atoms with Gasteiger partial charge in [0.2, 0.25) is 0 Å². The van der Waals surface area contributed by atoms with Crippen LogP contribution in [-0.2, 0) is 4.74 Å². The van der Waals surface area contributed by atoms with Crippen LogP contribution in [0, 0.1) is 0 Å². The van der Waals surface area contributed by atoms with E-state index in [-0.39, 0.29) is 11.4 Å². The van der Waals surface area contributed by atoms with E-state index in [0.717, 1.165) is 44.2 Å². The number of hydrogen-bond acceptors (Lipinski definition) is 5. The third kappa shape index (κ3) is 3.47. The van der Waals surface area contributed by atoms with Gasteiger partial charge < -0.3 is 14.5 Å². The minimum absolute atomic E-state index is 0.0745. The van der Waals surface area contributed by atoms with E-state index in [1.807, 2.05) is 11.8 Å². The number of halogens is 1. The topological polar surface area (TPSA) is 54.7 Å². The number of nitrogens with one attached hydrogen (secondary N) is 1. The van der Waals surface area contributed by atoms with Crippen molar-refractivity contribution >= 4 is 33.6 Å². The lowest BCUT2D eigenvalue weighted by Crippen LogP contribution is -2.59. The normalized spacial score (nSPS) is 26.9. The van der Waals surface area contributed by atoms with Gasteiger partial charge in [0, 0.05) is 37.0 Å². The summed E-state index contributed by atoms with van der Waals surface area (Å²) >= 11 is 5.19.